The Morgan fingerprint density at radius 3 is 2.65 bits per heavy atom. The molecule has 1 saturated carbocycles. The summed E-state index contributed by atoms with van der Waals surface area (Å²) in [4.78, 5) is 13.7. The van der Waals surface area contributed by atoms with Crippen molar-refractivity contribution in [2.24, 2.45) is 5.92 Å². The van der Waals surface area contributed by atoms with E-state index in [2.05, 4.69) is 23.5 Å². The summed E-state index contributed by atoms with van der Waals surface area (Å²) in [6.45, 7) is 2.26. The summed E-state index contributed by atoms with van der Waals surface area (Å²) in [6.07, 6.45) is 4.03. The molecular weight excluding hydrogens is 268 g/mol. The predicted molar refractivity (Wildman–Crippen MR) is 81.3 cm³/mol. The van der Waals surface area contributed by atoms with Crippen molar-refractivity contribution in [1.82, 2.24) is 5.32 Å². The van der Waals surface area contributed by atoms with Crippen LogP contribution in [0.25, 0.3) is 0 Å². The van der Waals surface area contributed by atoms with Crippen molar-refractivity contribution in [3.8, 4) is 6.07 Å². The Labute approximate surface area is 124 Å². The largest absolute Gasteiger partial charge is 0.354 e. The molecule has 3 nitrogen and oxygen atoms in total. The maximum atomic E-state index is 12.6. The molecule has 1 aromatic rings. The zero-order valence-electron chi connectivity index (χ0n) is 11.8. The Bertz CT molecular complexity index is 489. The van der Waals surface area contributed by atoms with E-state index in [9.17, 15) is 4.79 Å². The van der Waals surface area contributed by atoms with Crippen molar-refractivity contribution < 1.29 is 4.79 Å². The molecule has 20 heavy (non-hydrogen) atoms. The third-order valence-corrected chi connectivity index (χ3v) is 5.16. The van der Waals surface area contributed by atoms with Gasteiger partial charge < -0.3 is 5.32 Å². The van der Waals surface area contributed by atoms with Crippen molar-refractivity contribution in [1.29, 1.82) is 5.26 Å². The summed E-state index contributed by atoms with van der Waals surface area (Å²) in [5.74, 6) is -0.0509. The average molecular weight is 288 g/mol. The smallest absolute Gasteiger partial charge is 0.236 e. The molecule has 106 valence electrons. The van der Waals surface area contributed by atoms with Crippen molar-refractivity contribution in [2.45, 2.75) is 42.2 Å². The first-order valence-electron chi connectivity index (χ1n) is 7.08. The summed E-state index contributed by atoms with van der Waals surface area (Å²) >= 11 is 1.67. The summed E-state index contributed by atoms with van der Waals surface area (Å²) in [6, 6.07) is 12.2. The van der Waals surface area contributed by atoms with Gasteiger partial charge in [0.15, 0.2) is 0 Å². The van der Waals surface area contributed by atoms with Crippen LogP contribution in [-0.2, 0) is 4.79 Å². The molecular formula is C16H20N2OS. The molecule has 0 aliphatic heterocycles. The highest BCUT2D eigenvalue weighted by Gasteiger charge is 2.42. The third kappa shape index (κ3) is 3.55. The lowest BCUT2D eigenvalue weighted by molar-refractivity contribution is -0.123. The van der Waals surface area contributed by atoms with Gasteiger partial charge in [-0.25, -0.2) is 0 Å². The lowest BCUT2D eigenvalue weighted by Gasteiger charge is -2.27. The van der Waals surface area contributed by atoms with Crippen molar-refractivity contribution in [3.05, 3.63) is 30.3 Å². The van der Waals surface area contributed by atoms with E-state index in [0.29, 0.717) is 6.54 Å². The lowest BCUT2D eigenvalue weighted by Crippen LogP contribution is -2.43. The van der Waals surface area contributed by atoms with Gasteiger partial charge in [0.25, 0.3) is 0 Å². The van der Waals surface area contributed by atoms with Gasteiger partial charge in [-0.3, -0.25) is 4.79 Å². The number of carbonyl (C=O) groups excluding carboxylic acids is 1. The van der Waals surface area contributed by atoms with Crippen LogP contribution in [0.2, 0.25) is 0 Å². The van der Waals surface area contributed by atoms with E-state index in [0.717, 1.165) is 30.6 Å². The molecule has 4 heteroatoms. The first kappa shape index (κ1) is 14.9. The molecule has 0 aromatic heterocycles. The van der Waals surface area contributed by atoms with Crippen LogP contribution in [0, 0.1) is 17.2 Å². The van der Waals surface area contributed by atoms with E-state index in [1.807, 2.05) is 25.1 Å². The number of nitriles is 1. The molecule has 1 N–H and O–H groups in total. The SMILES string of the molecule is CC(C#N)CNC(=O)C1(Sc2ccccc2)CCCC1. The van der Waals surface area contributed by atoms with E-state index >= 15 is 0 Å². The van der Waals surface area contributed by atoms with Gasteiger partial charge in [0, 0.05) is 11.4 Å². The highest BCUT2D eigenvalue weighted by atomic mass is 32.2. The van der Waals surface area contributed by atoms with Gasteiger partial charge >= 0.3 is 0 Å². The number of thioether (sulfide) groups is 1. The first-order chi connectivity index (χ1) is 9.66. The Hall–Kier alpha value is -1.47. The second-order valence-corrected chi connectivity index (χ2v) is 6.81. The summed E-state index contributed by atoms with van der Waals surface area (Å²) < 4.78 is -0.351. The molecule has 0 saturated heterocycles. The number of nitrogens with one attached hydrogen (secondary N) is 1. The second kappa shape index (κ2) is 6.81. The van der Waals surface area contributed by atoms with Gasteiger partial charge in [-0.1, -0.05) is 31.0 Å². The quantitative estimate of drug-likeness (QED) is 0.903. The molecule has 1 amide bonds. The molecule has 1 aliphatic rings. The molecule has 2 rings (SSSR count). The van der Waals surface area contributed by atoms with Crippen LogP contribution >= 0.6 is 11.8 Å². The number of hydrogen-bond donors (Lipinski definition) is 1. The van der Waals surface area contributed by atoms with Gasteiger partial charge in [0.2, 0.25) is 5.91 Å². The van der Waals surface area contributed by atoms with Crippen LogP contribution in [0.1, 0.15) is 32.6 Å². The van der Waals surface area contributed by atoms with Gasteiger partial charge in [-0.2, -0.15) is 5.26 Å². The van der Waals surface area contributed by atoms with Crippen LogP contribution < -0.4 is 5.32 Å². The normalized spacial score (nSPS) is 18.2. The van der Waals surface area contributed by atoms with Gasteiger partial charge in [-0.15, -0.1) is 11.8 Å². The van der Waals surface area contributed by atoms with Crippen molar-refractivity contribution in [3.63, 3.8) is 0 Å². The van der Waals surface area contributed by atoms with Crippen LogP contribution in [0.4, 0.5) is 0 Å². The van der Waals surface area contributed by atoms with Crippen LogP contribution in [0.3, 0.4) is 0 Å². The number of rotatable bonds is 5. The zero-order chi connectivity index (χ0) is 14.4. The lowest BCUT2D eigenvalue weighted by atomic mass is 10.1. The summed E-state index contributed by atoms with van der Waals surface area (Å²) in [5.41, 5.74) is 0. The molecule has 1 unspecified atom stereocenters. The van der Waals surface area contributed by atoms with Crippen LogP contribution in [0.15, 0.2) is 35.2 Å². The third-order valence-electron chi connectivity index (χ3n) is 3.67. The zero-order valence-corrected chi connectivity index (χ0v) is 12.6. The molecule has 1 atom stereocenters. The molecule has 1 aliphatic carbocycles. The fourth-order valence-electron chi connectivity index (χ4n) is 2.49. The molecule has 0 radical (unpaired) electrons. The van der Waals surface area contributed by atoms with E-state index in [1.54, 1.807) is 11.8 Å². The topological polar surface area (TPSA) is 52.9 Å². The fourth-order valence-corrected chi connectivity index (χ4v) is 3.89. The minimum Gasteiger partial charge on any atom is -0.354 e. The minimum atomic E-state index is -0.351. The highest BCUT2D eigenvalue weighted by molar-refractivity contribution is 8.01. The number of nitrogens with zero attached hydrogens (tertiary/aromatic N) is 1. The van der Waals surface area contributed by atoms with Gasteiger partial charge in [0.1, 0.15) is 0 Å². The molecule has 0 heterocycles. The Kier molecular flexibility index (Phi) is 5.08. The molecule has 1 aromatic carbocycles. The number of benzene rings is 1. The molecule has 1 fully saturated rings. The minimum absolute atomic E-state index is 0.0888. The van der Waals surface area contributed by atoms with Crippen molar-refractivity contribution in [2.75, 3.05) is 6.54 Å². The maximum absolute atomic E-state index is 12.6. The van der Waals surface area contributed by atoms with Crippen molar-refractivity contribution >= 4 is 17.7 Å². The summed E-state index contributed by atoms with van der Waals surface area (Å²) in [5, 5.41) is 11.8. The Morgan fingerprint density at radius 2 is 2.05 bits per heavy atom. The molecule has 0 spiro atoms. The van der Waals surface area contributed by atoms with E-state index in [-0.39, 0.29) is 16.6 Å². The number of carbonyl (C=O) groups is 1. The van der Waals surface area contributed by atoms with Crippen LogP contribution in [0.5, 0.6) is 0 Å². The summed E-state index contributed by atoms with van der Waals surface area (Å²) in [7, 11) is 0. The van der Waals surface area contributed by atoms with E-state index < -0.39 is 0 Å². The predicted octanol–water partition coefficient (Wildman–Crippen LogP) is 3.37. The number of amides is 1. The Balaban J connectivity index is 2.06. The average Bonchev–Trinajstić information content (AvgIpc) is 2.95. The highest BCUT2D eigenvalue weighted by Crippen LogP contribution is 2.45. The standard InChI is InChI=1S/C16H20N2OS/c1-13(11-17)12-18-15(19)16(9-5-6-10-16)20-14-7-3-2-4-8-14/h2-4,7-8,13H,5-6,9-10,12H2,1H3,(H,18,19). The van der Waals surface area contributed by atoms with E-state index in [4.69, 9.17) is 5.26 Å². The number of hydrogen-bond acceptors (Lipinski definition) is 3. The second-order valence-electron chi connectivity index (χ2n) is 5.36. The van der Waals surface area contributed by atoms with E-state index in [1.165, 1.54) is 0 Å². The van der Waals surface area contributed by atoms with Gasteiger partial charge in [-0.05, 0) is 31.9 Å². The maximum Gasteiger partial charge on any atom is 0.236 e. The Morgan fingerprint density at radius 1 is 1.40 bits per heavy atom. The monoisotopic (exact) mass is 288 g/mol. The first-order valence-corrected chi connectivity index (χ1v) is 7.90. The van der Waals surface area contributed by atoms with Gasteiger partial charge in [0.05, 0.1) is 16.7 Å². The van der Waals surface area contributed by atoms with Crippen LogP contribution in [-0.4, -0.2) is 17.2 Å². The fraction of sp³-hybridized carbons (Fsp3) is 0.500. The molecule has 0 bridgehead atoms.